The molecular weight excluding hydrogens is 260 g/mol. The van der Waals surface area contributed by atoms with Crippen LogP contribution in [0.25, 0.3) is 0 Å². The summed E-state index contributed by atoms with van der Waals surface area (Å²) in [4.78, 5) is 0. The maximum atomic E-state index is 14.3. The van der Waals surface area contributed by atoms with Crippen LogP contribution in [0.1, 0.15) is 23.6 Å². The van der Waals surface area contributed by atoms with Crippen LogP contribution in [0.5, 0.6) is 5.75 Å². The molecule has 2 N–H and O–H groups in total. The smallest absolute Gasteiger partial charge is 0.170 e. The molecule has 0 fully saturated rings. The van der Waals surface area contributed by atoms with Gasteiger partial charge in [-0.25, -0.2) is 8.78 Å². The van der Waals surface area contributed by atoms with Gasteiger partial charge < -0.3 is 10.5 Å². The zero-order valence-electron chi connectivity index (χ0n) is 11.7. The minimum atomic E-state index is -1.15. The normalized spacial score (nSPS) is 13.9. The molecule has 0 bridgehead atoms. The quantitative estimate of drug-likeness (QED) is 0.932. The highest BCUT2D eigenvalue weighted by Gasteiger charge is 2.29. The van der Waals surface area contributed by atoms with Gasteiger partial charge in [0, 0.05) is 5.56 Å². The summed E-state index contributed by atoms with van der Waals surface area (Å²) in [5.74, 6) is -0.768. The second-order valence-corrected chi connectivity index (χ2v) is 4.99. The van der Waals surface area contributed by atoms with Crippen molar-refractivity contribution < 1.29 is 13.5 Å². The number of rotatable bonds is 3. The summed E-state index contributed by atoms with van der Waals surface area (Å²) < 4.78 is 33.0. The van der Waals surface area contributed by atoms with E-state index in [0.717, 1.165) is 0 Å². The molecule has 0 saturated carbocycles. The SMILES string of the molecule is COc1cccc(C(C)(N)c2ccc(C)c(F)c2)c1F. The van der Waals surface area contributed by atoms with E-state index >= 15 is 0 Å². The lowest BCUT2D eigenvalue weighted by Gasteiger charge is -2.27. The summed E-state index contributed by atoms with van der Waals surface area (Å²) in [5.41, 5.74) is 6.39. The van der Waals surface area contributed by atoms with Gasteiger partial charge in [0.05, 0.1) is 12.6 Å². The maximum Gasteiger partial charge on any atom is 0.170 e. The van der Waals surface area contributed by atoms with Crippen LogP contribution in [0.2, 0.25) is 0 Å². The van der Waals surface area contributed by atoms with Crippen molar-refractivity contribution in [1.82, 2.24) is 0 Å². The number of halogens is 2. The third-order valence-corrected chi connectivity index (χ3v) is 3.51. The van der Waals surface area contributed by atoms with Gasteiger partial charge in [-0.1, -0.05) is 24.3 Å². The first-order valence-electron chi connectivity index (χ1n) is 6.26. The fourth-order valence-corrected chi connectivity index (χ4v) is 2.14. The average molecular weight is 277 g/mol. The Bertz CT molecular complexity index is 638. The number of methoxy groups -OCH3 is 1. The molecule has 2 nitrogen and oxygen atoms in total. The molecule has 0 amide bonds. The van der Waals surface area contributed by atoms with Crippen molar-refractivity contribution in [2.75, 3.05) is 7.11 Å². The molecule has 1 unspecified atom stereocenters. The fourth-order valence-electron chi connectivity index (χ4n) is 2.14. The maximum absolute atomic E-state index is 14.3. The van der Waals surface area contributed by atoms with Crippen LogP contribution < -0.4 is 10.5 Å². The third-order valence-electron chi connectivity index (χ3n) is 3.51. The molecule has 20 heavy (non-hydrogen) atoms. The van der Waals surface area contributed by atoms with E-state index in [1.807, 2.05) is 0 Å². The van der Waals surface area contributed by atoms with Gasteiger partial charge in [-0.15, -0.1) is 0 Å². The highest BCUT2D eigenvalue weighted by atomic mass is 19.1. The summed E-state index contributed by atoms with van der Waals surface area (Å²) >= 11 is 0. The largest absolute Gasteiger partial charge is 0.494 e. The van der Waals surface area contributed by atoms with Crippen LogP contribution in [0.15, 0.2) is 36.4 Å². The van der Waals surface area contributed by atoms with Crippen molar-refractivity contribution in [1.29, 1.82) is 0 Å². The van der Waals surface area contributed by atoms with Crippen LogP contribution in [0.4, 0.5) is 8.78 Å². The number of benzene rings is 2. The summed E-state index contributed by atoms with van der Waals surface area (Å²) in [6.45, 7) is 3.31. The molecule has 0 aromatic heterocycles. The van der Waals surface area contributed by atoms with Gasteiger partial charge in [0.15, 0.2) is 11.6 Å². The van der Waals surface area contributed by atoms with Crippen molar-refractivity contribution in [3.05, 3.63) is 64.7 Å². The van der Waals surface area contributed by atoms with Crippen molar-refractivity contribution in [3.63, 3.8) is 0 Å². The monoisotopic (exact) mass is 277 g/mol. The lowest BCUT2D eigenvalue weighted by Crippen LogP contribution is -2.35. The molecular formula is C16H17F2NO. The van der Waals surface area contributed by atoms with E-state index in [2.05, 4.69) is 0 Å². The van der Waals surface area contributed by atoms with Gasteiger partial charge in [-0.2, -0.15) is 0 Å². The Hall–Kier alpha value is -1.94. The summed E-state index contributed by atoms with van der Waals surface area (Å²) in [7, 11) is 1.39. The Kier molecular flexibility index (Phi) is 3.77. The van der Waals surface area contributed by atoms with Crippen molar-refractivity contribution in [2.45, 2.75) is 19.4 Å². The highest BCUT2D eigenvalue weighted by Crippen LogP contribution is 2.32. The van der Waals surface area contributed by atoms with Crippen LogP contribution in [-0.2, 0) is 5.54 Å². The van der Waals surface area contributed by atoms with Crippen LogP contribution in [0.3, 0.4) is 0 Å². The highest BCUT2D eigenvalue weighted by molar-refractivity contribution is 5.43. The van der Waals surface area contributed by atoms with Crippen molar-refractivity contribution in [3.8, 4) is 5.75 Å². The van der Waals surface area contributed by atoms with E-state index < -0.39 is 11.4 Å². The number of hydrogen-bond donors (Lipinski definition) is 1. The molecule has 2 aromatic carbocycles. The molecule has 4 heteroatoms. The van der Waals surface area contributed by atoms with Gasteiger partial charge in [-0.05, 0) is 37.1 Å². The Morgan fingerprint density at radius 1 is 1.15 bits per heavy atom. The first-order chi connectivity index (χ1) is 9.37. The Morgan fingerprint density at radius 2 is 1.85 bits per heavy atom. The minimum Gasteiger partial charge on any atom is -0.494 e. The predicted molar refractivity (Wildman–Crippen MR) is 74.7 cm³/mol. The van der Waals surface area contributed by atoms with Crippen LogP contribution in [0, 0.1) is 18.6 Å². The van der Waals surface area contributed by atoms with Gasteiger partial charge >= 0.3 is 0 Å². The second-order valence-electron chi connectivity index (χ2n) is 4.99. The molecule has 2 rings (SSSR count). The van der Waals surface area contributed by atoms with E-state index in [9.17, 15) is 8.78 Å². The fraction of sp³-hybridized carbons (Fsp3) is 0.250. The summed E-state index contributed by atoms with van der Waals surface area (Å²) in [6, 6.07) is 9.44. The number of ether oxygens (including phenoxy) is 1. The lowest BCUT2D eigenvalue weighted by molar-refractivity contribution is 0.379. The molecule has 2 aromatic rings. The molecule has 0 spiro atoms. The first kappa shape index (κ1) is 14.5. The molecule has 0 aliphatic rings. The molecule has 0 aliphatic carbocycles. The zero-order valence-corrected chi connectivity index (χ0v) is 11.7. The number of nitrogens with two attached hydrogens (primary N) is 1. The van der Waals surface area contributed by atoms with E-state index in [1.54, 1.807) is 38.1 Å². The molecule has 0 saturated heterocycles. The molecule has 106 valence electrons. The van der Waals surface area contributed by atoms with E-state index in [4.69, 9.17) is 10.5 Å². The Morgan fingerprint density at radius 3 is 2.45 bits per heavy atom. The summed E-state index contributed by atoms with van der Waals surface area (Å²) in [5, 5.41) is 0. The van der Waals surface area contributed by atoms with Gasteiger partial charge in [-0.3, -0.25) is 0 Å². The van der Waals surface area contributed by atoms with E-state index in [0.29, 0.717) is 11.1 Å². The van der Waals surface area contributed by atoms with E-state index in [1.165, 1.54) is 19.2 Å². The predicted octanol–water partition coefficient (Wildman–Crippen LogP) is 3.50. The van der Waals surface area contributed by atoms with Crippen LogP contribution >= 0.6 is 0 Å². The van der Waals surface area contributed by atoms with Gasteiger partial charge in [0.2, 0.25) is 0 Å². The third kappa shape index (κ3) is 2.39. The Labute approximate surface area is 117 Å². The molecule has 0 radical (unpaired) electrons. The van der Waals surface area contributed by atoms with Crippen molar-refractivity contribution >= 4 is 0 Å². The van der Waals surface area contributed by atoms with Crippen LogP contribution in [-0.4, -0.2) is 7.11 Å². The summed E-state index contributed by atoms with van der Waals surface area (Å²) in [6.07, 6.45) is 0. The topological polar surface area (TPSA) is 35.2 Å². The second kappa shape index (κ2) is 5.21. The lowest BCUT2D eigenvalue weighted by atomic mass is 9.84. The molecule has 0 heterocycles. The molecule has 0 aliphatic heterocycles. The van der Waals surface area contributed by atoms with Crippen molar-refractivity contribution in [2.24, 2.45) is 5.73 Å². The average Bonchev–Trinajstić information content (AvgIpc) is 2.41. The number of aryl methyl sites for hydroxylation is 1. The molecule has 1 atom stereocenters. The zero-order chi connectivity index (χ0) is 14.9. The minimum absolute atomic E-state index is 0.117. The van der Waals surface area contributed by atoms with Gasteiger partial charge in [0.1, 0.15) is 5.82 Å². The number of hydrogen-bond acceptors (Lipinski definition) is 2. The standard InChI is InChI=1S/C16H17F2NO/c1-10-7-8-11(9-13(10)17)16(2,19)12-5-4-6-14(20-3)15(12)18/h4-9H,19H2,1-3H3. The Balaban J connectivity index is 2.57. The first-order valence-corrected chi connectivity index (χ1v) is 6.26. The van der Waals surface area contributed by atoms with E-state index in [-0.39, 0.29) is 17.1 Å². The van der Waals surface area contributed by atoms with Gasteiger partial charge in [0.25, 0.3) is 0 Å².